The van der Waals surface area contributed by atoms with Crippen molar-refractivity contribution in [3.05, 3.63) is 23.4 Å². The van der Waals surface area contributed by atoms with Gasteiger partial charge in [0.1, 0.15) is 5.83 Å². The molecule has 2 unspecified atom stereocenters. The summed E-state index contributed by atoms with van der Waals surface area (Å²) >= 11 is 1.35. The molecule has 1 heterocycles. The van der Waals surface area contributed by atoms with Gasteiger partial charge in [-0.2, -0.15) is 0 Å². The lowest BCUT2D eigenvalue weighted by atomic mass is 9.63. The zero-order valence-corrected chi connectivity index (χ0v) is 14.5. The highest BCUT2D eigenvalue weighted by Crippen LogP contribution is 2.73. The molecule has 1 fully saturated rings. The number of fused-ring (bicyclic) bond motifs is 1. The number of hydrogen-bond donors (Lipinski definition) is 3. The molecule has 1 aliphatic heterocycles. The SMILES string of the molecule is C[C@@H](O)[C@@]12SC(N)=N[C@](C)(C3(C)CC(N)=CC(F)=C3F)C1[C@@H]2C. The van der Waals surface area contributed by atoms with E-state index in [1.54, 1.807) is 20.8 Å². The number of amidine groups is 1. The molecule has 0 saturated heterocycles. The van der Waals surface area contributed by atoms with Crippen LogP contribution in [-0.2, 0) is 0 Å². The van der Waals surface area contributed by atoms with Gasteiger partial charge in [0.15, 0.2) is 11.0 Å². The van der Waals surface area contributed by atoms with Crippen LogP contribution in [0.25, 0.3) is 0 Å². The minimum absolute atomic E-state index is 0.0853. The Morgan fingerprint density at radius 1 is 1.39 bits per heavy atom. The molecule has 0 aromatic heterocycles. The summed E-state index contributed by atoms with van der Waals surface area (Å²) in [5, 5.41) is 10.6. The minimum Gasteiger partial charge on any atom is -0.402 e. The van der Waals surface area contributed by atoms with E-state index in [9.17, 15) is 13.9 Å². The molecule has 128 valence electrons. The number of allylic oxidation sites excluding steroid dienone is 3. The highest BCUT2D eigenvalue weighted by atomic mass is 32.2. The van der Waals surface area contributed by atoms with E-state index in [-0.39, 0.29) is 24.0 Å². The van der Waals surface area contributed by atoms with Gasteiger partial charge >= 0.3 is 0 Å². The van der Waals surface area contributed by atoms with Crippen molar-refractivity contribution in [1.82, 2.24) is 0 Å². The van der Waals surface area contributed by atoms with Crippen molar-refractivity contribution < 1.29 is 13.9 Å². The monoisotopic (exact) mass is 343 g/mol. The Balaban J connectivity index is 2.15. The molecule has 7 heteroatoms. The summed E-state index contributed by atoms with van der Waals surface area (Å²) in [5.41, 5.74) is 9.94. The van der Waals surface area contributed by atoms with E-state index in [2.05, 4.69) is 4.99 Å². The topological polar surface area (TPSA) is 84.6 Å². The average molecular weight is 343 g/mol. The molecule has 5 N–H and O–H groups in total. The van der Waals surface area contributed by atoms with Gasteiger partial charge in [-0.15, -0.1) is 0 Å². The maximum atomic E-state index is 14.8. The van der Waals surface area contributed by atoms with Gasteiger partial charge < -0.3 is 16.6 Å². The fourth-order valence-electron chi connectivity index (χ4n) is 4.76. The summed E-state index contributed by atoms with van der Waals surface area (Å²) in [7, 11) is 0. The van der Waals surface area contributed by atoms with E-state index < -0.39 is 33.5 Å². The smallest absolute Gasteiger partial charge is 0.156 e. The first-order valence-corrected chi connectivity index (χ1v) is 8.56. The van der Waals surface area contributed by atoms with Crippen LogP contribution in [0, 0.1) is 17.3 Å². The molecule has 0 amide bonds. The van der Waals surface area contributed by atoms with Crippen molar-refractivity contribution in [2.75, 3.05) is 0 Å². The van der Waals surface area contributed by atoms with E-state index in [1.165, 1.54) is 11.8 Å². The van der Waals surface area contributed by atoms with Crippen molar-refractivity contribution in [2.24, 2.45) is 33.7 Å². The van der Waals surface area contributed by atoms with E-state index in [1.807, 2.05) is 6.92 Å². The zero-order chi connectivity index (χ0) is 17.4. The minimum atomic E-state index is -1.23. The summed E-state index contributed by atoms with van der Waals surface area (Å²) in [6, 6.07) is 0. The highest BCUT2D eigenvalue weighted by Gasteiger charge is 2.77. The van der Waals surface area contributed by atoms with Crippen LogP contribution in [0.15, 0.2) is 28.4 Å². The first-order chi connectivity index (χ1) is 10.5. The Bertz CT molecular complexity index is 662. The van der Waals surface area contributed by atoms with Gasteiger partial charge in [-0.1, -0.05) is 25.6 Å². The van der Waals surface area contributed by atoms with Gasteiger partial charge in [-0.25, -0.2) is 8.78 Å². The Hall–Kier alpha value is -1.08. The summed E-state index contributed by atoms with van der Waals surface area (Å²) < 4.78 is 28.4. The maximum absolute atomic E-state index is 14.8. The third-order valence-corrected chi connectivity index (χ3v) is 7.77. The number of aliphatic imine (C=N–C) groups is 1. The third-order valence-electron chi connectivity index (χ3n) is 6.15. The predicted octanol–water partition coefficient (Wildman–Crippen LogP) is 2.60. The number of hydrogen-bond acceptors (Lipinski definition) is 5. The molecular formula is C16H23F2N3OS. The largest absolute Gasteiger partial charge is 0.402 e. The molecule has 0 spiro atoms. The molecule has 6 atom stereocenters. The van der Waals surface area contributed by atoms with Crippen LogP contribution in [0.5, 0.6) is 0 Å². The molecule has 4 nitrogen and oxygen atoms in total. The number of nitrogens with two attached hydrogens (primary N) is 2. The maximum Gasteiger partial charge on any atom is 0.156 e. The van der Waals surface area contributed by atoms with Gasteiger partial charge in [0.25, 0.3) is 0 Å². The van der Waals surface area contributed by atoms with Crippen molar-refractivity contribution in [3.63, 3.8) is 0 Å². The first kappa shape index (κ1) is 16.8. The van der Waals surface area contributed by atoms with Gasteiger partial charge in [-0.3, -0.25) is 4.99 Å². The van der Waals surface area contributed by atoms with Crippen molar-refractivity contribution >= 4 is 16.9 Å². The Morgan fingerprint density at radius 3 is 2.57 bits per heavy atom. The van der Waals surface area contributed by atoms with Crippen LogP contribution >= 0.6 is 11.8 Å². The number of halogens is 2. The van der Waals surface area contributed by atoms with Crippen LogP contribution < -0.4 is 11.5 Å². The molecule has 3 aliphatic rings. The molecule has 0 radical (unpaired) electrons. The summed E-state index contributed by atoms with van der Waals surface area (Å²) in [5.74, 6) is -1.81. The van der Waals surface area contributed by atoms with Crippen LogP contribution in [-0.4, -0.2) is 26.7 Å². The van der Waals surface area contributed by atoms with Gasteiger partial charge in [0.2, 0.25) is 0 Å². The first-order valence-electron chi connectivity index (χ1n) is 7.75. The Labute approximate surface area is 139 Å². The fourth-order valence-corrected chi connectivity index (χ4v) is 6.34. The third kappa shape index (κ3) is 1.89. The highest BCUT2D eigenvalue weighted by molar-refractivity contribution is 8.15. The lowest BCUT2D eigenvalue weighted by molar-refractivity contribution is 0.111. The summed E-state index contributed by atoms with van der Waals surface area (Å²) in [6.07, 6.45) is 0.574. The van der Waals surface area contributed by atoms with Crippen LogP contribution in [0.1, 0.15) is 34.1 Å². The van der Waals surface area contributed by atoms with Crippen LogP contribution in [0.4, 0.5) is 8.78 Å². The van der Waals surface area contributed by atoms with Gasteiger partial charge in [-0.05, 0) is 25.8 Å². The van der Waals surface area contributed by atoms with Crippen LogP contribution in [0.3, 0.4) is 0 Å². The quantitative estimate of drug-likeness (QED) is 0.719. The molecular weight excluding hydrogens is 320 g/mol. The summed E-state index contributed by atoms with van der Waals surface area (Å²) in [4.78, 5) is 4.55. The molecule has 0 aromatic rings. The molecule has 1 saturated carbocycles. The van der Waals surface area contributed by atoms with Crippen LogP contribution in [0.2, 0.25) is 0 Å². The van der Waals surface area contributed by atoms with E-state index >= 15 is 0 Å². The van der Waals surface area contributed by atoms with Crippen molar-refractivity contribution in [2.45, 2.75) is 50.5 Å². The van der Waals surface area contributed by atoms with E-state index in [0.717, 1.165) is 6.08 Å². The number of nitrogens with zero attached hydrogens (tertiary/aromatic N) is 1. The molecule has 0 aromatic carbocycles. The molecule has 3 rings (SSSR count). The lowest BCUT2D eigenvalue weighted by Crippen LogP contribution is -2.52. The lowest BCUT2D eigenvalue weighted by Gasteiger charge is -2.47. The van der Waals surface area contributed by atoms with E-state index in [0.29, 0.717) is 5.17 Å². The van der Waals surface area contributed by atoms with Gasteiger partial charge in [0.05, 0.1) is 21.8 Å². The van der Waals surface area contributed by atoms with E-state index in [4.69, 9.17) is 11.5 Å². The number of thioether (sulfide) groups is 1. The number of rotatable bonds is 2. The fraction of sp³-hybridized carbons (Fsp3) is 0.688. The molecule has 23 heavy (non-hydrogen) atoms. The van der Waals surface area contributed by atoms with Crippen molar-refractivity contribution in [3.8, 4) is 0 Å². The molecule has 0 bridgehead atoms. The zero-order valence-electron chi connectivity index (χ0n) is 13.7. The second kappa shape index (κ2) is 4.72. The van der Waals surface area contributed by atoms with Gasteiger partial charge in [0, 0.05) is 18.0 Å². The number of aliphatic hydroxyl groups is 1. The second-order valence-corrected chi connectivity index (χ2v) is 8.72. The Morgan fingerprint density at radius 2 is 2.00 bits per heavy atom. The second-order valence-electron chi connectivity index (χ2n) is 7.39. The normalized spacial score (nSPS) is 47.6. The molecule has 2 aliphatic carbocycles. The Kier molecular flexibility index (Phi) is 3.44. The average Bonchev–Trinajstić information content (AvgIpc) is 3.03. The summed E-state index contributed by atoms with van der Waals surface area (Å²) in [6.45, 7) is 7.16. The van der Waals surface area contributed by atoms with Crippen molar-refractivity contribution in [1.29, 1.82) is 0 Å². The predicted molar refractivity (Wildman–Crippen MR) is 88.9 cm³/mol. The standard InChI is InChI=1S/C16H23F2N3OS/c1-7-11-15(4,21-13(20)23-16(7,11)8(2)22)14(3)6-9(19)5-10(17)12(14)18/h5,7-8,11,22H,6,19H2,1-4H3,(H2,20,21)/t7-,8+,11?,14?,15-,16+/m0/s1. The number of aliphatic hydroxyl groups excluding tert-OH is 1.